The first kappa shape index (κ1) is 15.4. The quantitative estimate of drug-likeness (QED) is 0.589. The van der Waals surface area contributed by atoms with Crippen molar-refractivity contribution in [3.63, 3.8) is 0 Å². The van der Waals surface area contributed by atoms with Crippen LogP contribution in [0, 0.1) is 34.5 Å². The Labute approximate surface area is 141 Å². The molecule has 0 aliphatic heterocycles. The van der Waals surface area contributed by atoms with Crippen molar-refractivity contribution in [2.75, 3.05) is 0 Å². The minimum Gasteiger partial charge on any atom is -0.300 e. The van der Waals surface area contributed by atoms with Gasteiger partial charge in [-0.2, -0.15) is 0 Å². The van der Waals surface area contributed by atoms with Crippen LogP contribution in [-0.4, -0.2) is 16.4 Å². The monoisotopic (exact) mass is 366 g/mol. The molecule has 0 heterocycles. The molecule has 3 heteroatoms. The standard InChI is InChI=1S/C19H27BrO2/c1-18-9-7-12(21)10-11(18)5-6-13-14-4-3-8-19(14,2)17(20)16(22)15(13)18/h11,13-15,17H,3-10H2,1-2H3/t11-,13-,14+,15+,17-,18-,19+/m0/s1. The van der Waals surface area contributed by atoms with Gasteiger partial charge in [0.05, 0.1) is 4.83 Å². The first-order valence-corrected chi connectivity index (χ1v) is 9.99. The molecule has 0 radical (unpaired) electrons. The second-order valence-corrected chi connectivity index (χ2v) is 9.85. The maximum atomic E-state index is 13.3. The second-order valence-electron chi connectivity index (χ2n) is 8.93. The van der Waals surface area contributed by atoms with Crippen LogP contribution in [-0.2, 0) is 9.59 Å². The number of fused-ring (bicyclic) bond motifs is 5. The predicted octanol–water partition coefficient (Wildman–Crippen LogP) is 4.54. The molecule has 0 aromatic heterocycles. The molecule has 0 bridgehead atoms. The first-order chi connectivity index (χ1) is 10.4. The summed E-state index contributed by atoms with van der Waals surface area (Å²) in [6, 6.07) is 0. The van der Waals surface area contributed by atoms with Crippen molar-refractivity contribution in [2.45, 2.75) is 70.0 Å². The minimum atomic E-state index is 0.0296. The SMILES string of the molecule is C[C@]12CCC(=O)C[C@@H]1CC[C@H]1[C@H]3CCC[C@@]3(C)[C@@H](Br)C(=O)[C@@H]12. The zero-order valence-corrected chi connectivity index (χ0v) is 15.3. The van der Waals surface area contributed by atoms with Gasteiger partial charge >= 0.3 is 0 Å². The van der Waals surface area contributed by atoms with Gasteiger partial charge in [-0.25, -0.2) is 0 Å². The molecule has 0 amide bonds. The van der Waals surface area contributed by atoms with E-state index in [1.165, 1.54) is 25.7 Å². The van der Waals surface area contributed by atoms with E-state index < -0.39 is 0 Å². The summed E-state index contributed by atoms with van der Waals surface area (Å²) in [6.07, 6.45) is 8.46. The Morgan fingerprint density at radius 1 is 1.05 bits per heavy atom. The van der Waals surface area contributed by atoms with Crippen molar-refractivity contribution in [3.8, 4) is 0 Å². The van der Waals surface area contributed by atoms with E-state index in [4.69, 9.17) is 0 Å². The normalized spacial score (nSPS) is 54.6. The third-order valence-electron chi connectivity index (χ3n) is 8.07. The van der Waals surface area contributed by atoms with Gasteiger partial charge in [-0.1, -0.05) is 36.2 Å². The Kier molecular flexibility index (Phi) is 3.43. The average molecular weight is 367 g/mol. The van der Waals surface area contributed by atoms with Crippen LogP contribution in [0.4, 0.5) is 0 Å². The Morgan fingerprint density at radius 3 is 2.59 bits per heavy atom. The molecule has 0 saturated heterocycles. The molecule has 0 spiro atoms. The van der Waals surface area contributed by atoms with Gasteiger partial charge in [0, 0.05) is 18.8 Å². The van der Waals surface area contributed by atoms with Crippen molar-refractivity contribution < 1.29 is 9.59 Å². The third kappa shape index (κ3) is 1.84. The summed E-state index contributed by atoms with van der Waals surface area (Å²) in [6.45, 7) is 4.67. The molecule has 0 N–H and O–H groups in total. The molecule has 4 fully saturated rings. The number of ketones is 2. The van der Waals surface area contributed by atoms with E-state index in [-0.39, 0.29) is 21.6 Å². The van der Waals surface area contributed by atoms with E-state index in [2.05, 4.69) is 29.8 Å². The van der Waals surface area contributed by atoms with Gasteiger partial charge in [0.1, 0.15) is 5.78 Å². The summed E-state index contributed by atoms with van der Waals surface area (Å²) in [5.74, 6) is 2.81. The van der Waals surface area contributed by atoms with E-state index in [1.807, 2.05) is 0 Å². The molecular formula is C19H27BrO2. The summed E-state index contributed by atoms with van der Waals surface area (Å²) in [7, 11) is 0. The van der Waals surface area contributed by atoms with Crippen molar-refractivity contribution in [2.24, 2.45) is 34.5 Å². The van der Waals surface area contributed by atoms with Gasteiger partial charge in [0.15, 0.2) is 5.78 Å². The molecule has 0 aromatic carbocycles. The Balaban J connectivity index is 1.74. The lowest BCUT2D eigenvalue weighted by atomic mass is 9.45. The Bertz CT molecular complexity index is 530. The van der Waals surface area contributed by atoms with E-state index in [9.17, 15) is 9.59 Å². The molecule has 122 valence electrons. The van der Waals surface area contributed by atoms with Crippen molar-refractivity contribution in [1.29, 1.82) is 0 Å². The fourth-order valence-corrected chi connectivity index (χ4v) is 7.65. The maximum Gasteiger partial charge on any atom is 0.150 e. The smallest absolute Gasteiger partial charge is 0.150 e. The highest BCUT2D eigenvalue weighted by Crippen LogP contribution is 2.65. The third-order valence-corrected chi connectivity index (χ3v) is 9.56. The van der Waals surface area contributed by atoms with E-state index >= 15 is 0 Å². The fourth-order valence-electron chi connectivity index (χ4n) is 6.80. The maximum absolute atomic E-state index is 13.3. The number of hydrogen-bond acceptors (Lipinski definition) is 2. The van der Waals surface area contributed by atoms with E-state index in [0.717, 1.165) is 19.3 Å². The lowest BCUT2D eigenvalue weighted by Crippen LogP contribution is -2.60. The second kappa shape index (κ2) is 4.91. The highest BCUT2D eigenvalue weighted by Gasteiger charge is 2.64. The van der Waals surface area contributed by atoms with Crippen LogP contribution in [0.15, 0.2) is 0 Å². The van der Waals surface area contributed by atoms with Gasteiger partial charge in [-0.15, -0.1) is 0 Å². The number of carbonyl (C=O) groups is 2. The molecule has 7 atom stereocenters. The van der Waals surface area contributed by atoms with Crippen LogP contribution < -0.4 is 0 Å². The highest BCUT2D eigenvalue weighted by molar-refractivity contribution is 9.10. The molecule has 4 saturated carbocycles. The zero-order chi connectivity index (χ0) is 15.7. The Morgan fingerprint density at radius 2 is 1.82 bits per heavy atom. The van der Waals surface area contributed by atoms with Gasteiger partial charge in [0.25, 0.3) is 0 Å². The topological polar surface area (TPSA) is 34.1 Å². The van der Waals surface area contributed by atoms with E-state index in [0.29, 0.717) is 35.7 Å². The molecular weight excluding hydrogens is 340 g/mol. The zero-order valence-electron chi connectivity index (χ0n) is 13.7. The summed E-state index contributed by atoms with van der Waals surface area (Å²) in [4.78, 5) is 25.3. The fraction of sp³-hybridized carbons (Fsp3) is 0.895. The lowest BCUT2D eigenvalue weighted by Gasteiger charge is -2.59. The van der Waals surface area contributed by atoms with Gasteiger partial charge < -0.3 is 0 Å². The Hall–Kier alpha value is -0.180. The number of Topliss-reactive ketones (excluding diaryl/α,β-unsaturated/α-hetero) is 2. The molecule has 4 aliphatic rings. The summed E-state index contributed by atoms with van der Waals surface area (Å²) in [5.41, 5.74) is 0.246. The van der Waals surface area contributed by atoms with Crippen LogP contribution in [0.3, 0.4) is 0 Å². The van der Waals surface area contributed by atoms with Gasteiger partial charge in [0.2, 0.25) is 0 Å². The number of carbonyl (C=O) groups excluding carboxylic acids is 2. The van der Waals surface area contributed by atoms with Crippen molar-refractivity contribution in [3.05, 3.63) is 0 Å². The highest BCUT2D eigenvalue weighted by atomic mass is 79.9. The summed E-state index contributed by atoms with van der Waals surface area (Å²) >= 11 is 3.81. The van der Waals surface area contributed by atoms with E-state index in [1.54, 1.807) is 0 Å². The number of hydrogen-bond donors (Lipinski definition) is 0. The lowest BCUT2D eigenvalue weighted by molar-refractivity contribution is -0.156. The number of halogens is 1. The molecule has 4 rings (SSSR count). The van der Waals surface area contributed by atoms with Crippen molar-refractivity contribution >= 4 is 27.5 Å². The van der Waals surface area contributed by atoms with Crippen LogP contribution in [0.5, 0.6) is 0 Å². The van der Waals surface area contributed by atoms with Crippen molar-refractivity contribution in [1.82, 2.24) is 0 Å². The van der Waals surface area contributed by atoms with Crippen LogP contribution in [0.2, 0.25) is 0 Å². The number of rotatable bonds is 0. The first-order valence-electron chi connectivity index (χ1n) is 9.07. The minimum absolute atomic E-state index is 0.0296. The molecule has 22 heavy (non-hydrogen) atoms. The average Bonchev–Trinajstić information content (AvgIpc) is 2.88. The van der Waals surface area contributed by atoms with Crippen LogP contribution in [0.1, 0.15) is 65.2 Å². The van der Waals surface area contributed by atoms with Crippen LogP contribution in [0.25, 0.3) is 0 Å². The van der Waals surface area contributed by atoms with Gasteiger partial charge in [-0.05, 0) is 60.7 Å². The molecule has 0 aromatic rings. The molecule has 4 aliphatic carbocycles. The summed E-state index contributed by atoms with van der Waals surface area (Å²) in [5, 5.41) is 0. The summed E-state index contributed by atoms with van der Waals surface area (Å²) < 4.78 is 0. The predicted molar refractivity (Wildman–Crippen MR) is 89.8 cm³/mol. The van der Waals surface area contributed by atoms with Gasteiger partial charge in [-0.3, -0.25) is 9.59 Å². The molecule has 0 unspecified atom stereocenters. The molecule has 2 nitrogen and oxygen atoms in total. The number of alkyl halides is 1. The van der Waals surface area contributed by atoms with Crippen LogP contribution >= 0.6 is 15.9 Å². The largest absolute Gasteiger partial charge is 0.300 e.